The number of aryl methyl sites for hydroxylation is 1. The van der Waals surface area contributed by atoms with Gasteiger partial charge >= 0.3 is 73.1 Å². The van der Waals surface area contributed by atoms with Gasteiger partial charge in [0.15, 0.2) is 0 Å². The zero-order valence-electron chi connectivity index (χ0n) is 17.5. The van der Waals surface area contributed by atoms with Crippen molar-refractivity contribution in [3.05, 3.63) is 75.9 Å². The first kappa shape index (κ1) is 23.0. The number of hydrogen-bond acceptors (Lipinski definition) is 1. The average Bonchev–Trinajstić information content (AvgIpc) is 2.92. The Balaban J connectivity index is 0.000000289. The van der Waals surface area contributed by atoms with Crippen LogP contribution in [-0.4, -0.2) is 6.66 Å². The van der Waals surface area contributed by atoms with Crippen molar-refractivity contribution >= 4 is 6.66 Å². The van der Waals surface area contributed by atoms with Gasteiger partial charge in [0.05, 0.1) is 6.26 Å². The predicted molar refractivity (Wildman–Crippen MR) is 115 cm³/mol. The fourth-order valence-corrected chi connectivity index (χ4v) is 8.73. The third-order valence-corrected chi connectivity index (χ3v) is 10.2. The Morgan fingerprint density at radius 1 is 1.23 bits per heavy atom. The summed E-state index contributed by atoms with van der Waals surface area (Å²) < 4.78 is 7.45. The standard InChI is InChI=1S/C15H20O.C6H7.C2H7Si.Ti/c1-6-13(15(3,4)5)11-16-14-9-7-8-12(2)10-14;1-6-4-2-3-5-6;1-3-2;/h6-11H,1H2,2-5H3;2,4H,3H2,1H3;3H,1-2H3;. The molecule has 0 aliphatic heterocycles. The Morgan fingerprint density at radius 2 is 1.92 bits per heavy atom. The summed E-state index contributed by atoms with van der Waals surface area (Å²) in [6.45, 7) is 19.2. The molecular formula is C23H34OSiTi. The van der Waals surface area contributed by atoms with E-state index in [4.69, 9.17) is 4.74 Å². The first-order chi connectivity index (χ1) is 12.1. The SMILES string of the molecule is C=CC(=COc1cccc(C)c1)C(C)(C)C.CC1=[C]([Ti][SiH](C)C)CC=C1. The first-order valence-corrected chi connectivity index (χ1v) is 15.7. The molecule has 0 heterocycles. The van der Waals surface area contributed by atoms with Crippen LogP contribution in [0.25, 0.3) is 0 Å². The van der Waals surface area contributed by atoms with Gasteiger partial charge in [-0.1, -0.05) is 45.6 Å². The Hall–Kier alpha value is -1.09. The quantitative estimate of drug-likeness (QED) is 0.300. The molecule has 0 bridgehead atoms. The van der Waals surface area contributed by atoms with Crippen LogP contribution in [0.15, 0.2) is 70.4 Å². The van der Waals surface area contributed by atoms with Crippen LogP contribution in [0, 0.1) is 12.3 Å². The fraction of sp³-hybridized carbons (Fsp3) is 0.391. The Kier molecular flexibility index (Phi) is 9.63. The van der Waals surface area contributed by atoms with E-state index in [1.54, 1.807) is 11.8 Å². The summed E-state index contributed by atoms with van der Waals surface area (Å²) in [5.41, 5.74) is 3.93. The average molecular weight is 402 g/mol. The molecule has 1 aliphatic carbocycles. The van der Waals surface area contributed by atoms with Gasteiger partial charge in [0.1, 0.15) is 5.75 Å². The van der Waals surface area contributed by atoms with E-state index in [9.17, 15) is 0 Å². The number of hydrogen-bond donors (Lipinski definition) is 0. The second-order valence-corrected chi connectivity index (χ2v) is 18.3. The van der Waals surface area contributed by atoms with E-state index in [1.807, 2.05) is 28.2 Å². The molecule has 0 amide bonds. The van der Waals surface area contributed by atoms with Crippen LogP contribution >= 0.6 is 0 Å². The number of ether oxygens (including phenoxy) is 1. The normalized spacial score (nSPS) is 14.2. The molecule has 1 aromatic carbocycles. The van der Waals surface area contributed by atoms with E-state index in [1.165, 1.54) is 12.0 Å². The first-order valence-electron chi connectivity index (χ1n) is 9.32. The van der Waals surface area contributed by atoms with Crippen LogP contribution in [0.2, 0.25) is 13.1 Å². The Morgan fingerprint density at radius 3 is 2.38 bits per heavy atom. The van der Waals surface area contributed by atoms with Gasteiger partial charge in [0.25, 0.3) is 0 Å². The number of rotatable bonds is 5. The molecule has 0 unspecified atom stereocenters. The second-order valence-electron chi connectivity index (χ2n) is 8.03. The minimum atomic E-state index is -0.235. The van der Waals surface area contributed by atoms with Crippen LogP contribution in [0.4, 0.5) is 0 Å². The van der Waals surface area contributed by atoms with E-state index < -0.39 is 0 Å². The molecule has 2 rings (SSSR count). The van der Waals surface area contributed by atoms with E-state index in [0.717, 1.165) is 11.3 Å². The van der Waals surface area contributed by atoms with Crippen LogP contribution in [0.3, 0.4) is 0 Å². The molecule has 0 atom stereocenters. The predicted octanol–water partition coefficient (Wildman–Crippen LogP) is 6.78. The molecule has 0 radical (unpaired) electrons. The van der Waals surface area contributed by atoms with E-state index in [0.29, 0.717) is 18.4 Å². The van der Waals surface area contributed by atoms with Gasteiger partial charge in [-0.05, 0) is 35.6 Å². The van der Waals surface area contributed by atoms with Crippen LogP contribution in [-0.2, 0) is 18.4 Å². The molecule has 0 aromatic heterocycles. The zero-order chi connectivity index (χ0) is 19.7. The number of allylic oxidation sites excluding steroid dienone is 6. The zero-order valence-corrected chi connectivity index (χ0v) is 20.2. The van der Waals surface area contributed by atoms with Crippen LogP contribution < -0.4 is 4.74 Å². The van der Waals surface area contributed by atoms with E-state index in [2.05, 4.69) is 72.5 Å². The summed E-state index contributed by atoms with van der Waals surface area (Å²) >= 11 is 0.350. The van der Waals surface area contributed by atoms with Crippen molar-refractivity contribution in [1.82, 2.24) is 0 Å². The molecule has 1 aliphatic rings. The molecular weight excluding hydrogens is 368 g/mol. The fourth-order valence-electron chi connectivity index (χ4n) is 2.49. The number of benzene rings is 1. The summed E-state index contributed by atoms with van der Waals surface area (Å²) in [6, 6.07) is 8.00. The molecule has 0 saturated carbocycles. The van der Waals surface area contributed by atoms with Gasteiger partial charge in [0.2, 0.25) is 0 Å². The van der Waals surface area contributed by atoms with Crippen LogP contribution in [0.1, 0.15) is 39.7 Å². The molecule has 3 heteroatoms. The summed E-state index contributed by atoms with van der Waals surface area (Å²) in [5.74, 6) is 0.864. The van der Waals surface area contributed by atoms with Crippen molar-refractivity contribution < 1.29 is 23.1 Å². The molecule has 0 saturated heterocycles. The third kappa shape index (κ3) is 8.53. The summed E-state index contributed by atoms with van der Waals surface area (Å²) in [7, 11) is 0. The molecule has 0 fully saturated rings. The maximum atomic E-state index is 5.63. The topological polar surface area (TPSA) is 9.23 Å². The van der Waals surface area contributed by atoms with Gasteiger partial charge in [-0.15, -0.1) is 0 Å². The van der Waals surface area contributed by atoms with Crippen molar-refractivity contribution in [3.8, 4) is 5.75 Å². The molecule has 0 spiro atoms. The second kappa shape index (κ2) is 10.9. The Bertz CT molecular complexity index is 690. The van der Waals surface area contributed by atoms with Crippen molar-refractivity contribution in [3.63, 3.8) is 0 Å². The Labute approximate surface area is 170 Å². The van der Waals surface area contributed by atoms with Crippen molar-refractivity contribution in [2.75, 3.05) is 0 Å². The maximum absolute atomic E-state index is 5.63. The van der Waals surface area contributed by atoms with Gasteiger partial charge in [-0.2, -0.15) is 0 Å². The molecule has 140 valence electrons. The summed E-state index contributed by atoms with van der Waals surface area (Å²) in [5, 5.41) is 0. The van der Waals surface area contributed by atoms with E-state index in [-0.39, 0.29) is 12.1 Å². The third-order valence-electron chi connectivity index (χ3n) is 4.03. The van der Waals surface area contributed by atoms with Crippen LogP contribution in [0.5, 0.6) is 5.75 Å². The van der Waals surface area contributed by atoms with E-state index >= 15 is 0 Å². The summed E-state index contributed by atoms with van der Waals surface area (Å²) in [6.07, 6.45) is 9.51. The molecule has 26 heavy (non-hydrogen) atoms. The van der Waals surface area contributed by atoms with Crippen molar-refractivity contribution in [2.24, 2.45) is 5.41 Å². The molecule has 1 aromatic rings. The molecule has 1 nitrogen and oxygen atoms in total. The van der Waals surface area contributed by atoms with Gasteiger partial charge in [-0.3, -0.25) is 0 Å². The monoisotopic (exact) mass is 402 g/mol. The van der Waals surface area contributed by atoms with Gasteiger partial charge in [-0.25, -0.2) is 0 Å². The van der Waals surface area contributed by atoms with Gasteiger partial charge in [0, 0.05) is 0 Å². The van der Waals surface area contributed by atoms with Gasteiger partial charge < -0.3 is 4.74 Å². The van der Waals surface area contributed by atoms with Crippen molar-refractivity contribution in [1.29, 1.82) is 0 Å². The molecule has 0 N–H and O–H groups in total. The minimum absolute atomic E-state index is 0.0611. The summed E-state index contributed by atoms with van der Waals surface area (Å²) in [4.78, 5) is 0. The van der Waals surface area contributed by atoms with Crippen molar-refractivity contribution in [2.45, 2.75) is 54.1 Å².